The van der Waals surface area contributed by atoms with Crippen LogP contribution in [-0.4, -0.2) is 37.9 Å². The van der Waals surface area contributed by atoms with Crippen LogP contribution in [0.4, 0.5) is 0 Å². The highest BCUT2D eigenvalue weighted by atomic mass is 16.6. The number of esters is 2. The highest BCUT2D eigenvalue weighted by Crippen LogP contribution is 2.14. The fourth-order valence-electron chi connectivity index (χ4n) is 6.86. The minimum absolute atomic E-state index is 0.0754. The van der Waals surface area contributed by atoms with Crippen LogP contribution in [0.5, 0.6) is 0 Å². The second-order valence-corrected chi connectivity index (χ2v) is 16.3. The molecule has 336 valence electrons. The second-order valence-electron chi connectivity index (χ2n) is 16.3. The Morgan fingerprint density at radius 2 is 0.810 bits per heavy atom. The highest BCUT2D eigenvalue weighted by molar-refractivity contribution is 5.70. The molecule has 0 bridgehead atoms. The maximum atomic E-state index is 12.8. The van der Waals surface area contributed by atoms with Crippen LogP contribution in [0.3, 0.4) is 0 Å². The van der Waals surface area contributed by atoms with E-state index in [1.54, 1.807) is 0 Å². The summed E-state index contributed by atoms with van der Waals surface area (Å²) in [7, 11) is 0. The molecule has 58 heavy (non-hydrogen) atoms. The fourth-order valence-corrected chi connectivity index (χ4v) is 6.86. The maximum absolute atomic E-state index is 12.8. The topological polar surface area (TPSA) is 61.8 Å². The van der Waals surface area contributed by atoms with Gasteiger partial charge in [-0.3, -0.25) is 9.59 Å². The zero-order chi connectivity index (χ0) is 42.1. The Hall–Kier alpha value is -2.40. The largest absolute Gasteiger partial charge is 0.462 e. The van der Waals surface area contributed by atoms with Gasteiger partial charge >= 0.3 is 11.9 Å². The average Bonchev–Trinajstić information content (AvgIpc) is 3.22. The van der Waals surface area contributed by atoms with Gasteiger partial charge in [-0.25, -0.2) is 0 Å². The van der Waals surface area contributed by atoms with Gasteiger partial charge in [0.15, 0.2) is 6.10 Å². The van der Waals surface area contributed by atoms with Crippen molar-refractivity contribution in [1.82, 2.24) is 0 Å². The third kappa shape index (κ3) is 46.3. The van der Waals surface area contributed by atoms with E-state index >= 15 is 0 Å². The quantitative estimate of drug-likeness (QED) is 0.0348. The molecule has 0 aliphatic rings. The van der Waals surface area contributed by atoms with E-state index in [9.17, 15) is 9.59 Å². The number of allylic oxidation sites excluding steroid dienone is 10. The number of hydrogen-bond acceptors (Lipinski definition) is 5. The molecule has 0 aliphatic carbocycles. The minimum Gasteiger partial charge on any atom is -0.462 e. The lowest BCUT2D eigenvalue weighted by atomic mass is 10.1. The summed E-state index contributed by atoms with van der Waals surface area (Å²) in [5, 5.41) is 0. The van der Waals surface area contributed by atoms with Crippen LogP contribution in [-0.2, 0) is 23.8 Å². The van der Waals surface area contributed by atoms with E-state index in [4.69, 9.17) is 14.2 Å². The molecule has 5 heteroatoms. The Kier molecular flexibility index (Phi) is 46.9. The van der Waals surface area contributed by atoms with Gasteiger partial charge in [-0.15, -0.1) is 0 Å². The smallest absolute Gasteiger partial charge is 0.306 e. The first-order chi connectivity index (χ1) is 28.6. The summed E-state index contributed by atoms with van der Waals surface area (Å²) < 4.78 is 17.4. The number of carbonyl (C=O) groups is 2. The van der Waals surface area contributed by atoms with Crippen LogP contribution in [0, 0.1) is 0 Å². The lowest BCUT2D eigenvalue weighted by Gasteiger charge is -2.18. The van der Waals surface area contributed by atoms with Crippen LogP contribution in [0.2, 0.25) is 0 Å². The van der Waals surface area contributed by atoms with E-state index < -0.39 is 6.10 Å². The van der Waals surface area contributed by atoms with Gasteiger partial charge < -0.3 is 14.2 Å². The molecule has 0 aromatic carbocycles. The van der Waals surface area contributed by atoms with Gasteiger partial charge in [0, 0.05) is 19.4 Å². The lowest BCUT2D eigenvalue weighted by Crippen LogP contribution is -2.30. The molecule has 0 fully saturated rings. The van der Waals surface area contributed by atoms with Gasteiger partial charge in [0.05, 0.1) is 6.61 Å². The second kappa shape index (κ2) is 49.0. The first-order valence-corrected chi connectivity index (χ1v) is 24.8. The first-order valence-electron chi connectivity index (χ1n) is 24.8. The fraction of sp³-hybridized carbons (Fsp3) is 0.774. The molecule has 0 aromatic rings. The molecule has 0 amide bonds. The zero-order valence-electron chi connectivity index (χ0n) is 38.6. The number of rotatable bonds is 45. The van der Waals surface area contributed by atoms with Gasteiger partial charge in [0.2, 0.25) is 0 Å². The Bertz CT molecular complexity index is 1010. The van der Waals surface area contributed by atoms with Gasteiger partial charge in [-0.2, -0.15) is 0 Å². The molecule has 1 atom stereocenters. The molecule has 0 aliphatic heterocycles. The van der Waals surface area contributed by atoms with Crippen molar-refractivity contribution in [2.24, 2.45) is 0 Å². The zero-order valence-corrected chi connectivity index (χ0v) is 38.6. The van der Waals surface area contributed by atoms with Crippen LogP contribution in [0.1, 0.15) is 239 Å². The third-order valence-electron chi connectivity index (χ3n) is 10.5. The molecule has 0 rings (SSSR count). The van der Waals surface area contributed by atoms with Gasteiger partial charge in [-0.1, -0.05) is 210 Å². The van der Waals surface area contributed by atoms with E-state index in [1.807, 2.05) is 0 Å². The van der Waals surface area contributed by atoms with Crippen LogP contribution in [0.25, 0.3) is 0 Å². The predicted molar refractivity (Wildman–Crippen MR) is 251 cm³/mol. The number of ether oxygens (including phenoxy) is 3. The molecular formula is C53H94O5. The summed E-state index contributed by atoms with van der Waals surface area (Å²) in [6.07, 6.45) is 60.8. The van der Waals surface area contributed by atoms with Crippen LogP contribution >= 0.6 is 0 Å². The molecule has 0 spiro atoms. The molecule has 0 saturated heterocycles. The van der Waals surface area contributed by atoms with Crippen molar-refractivity contribution in [3.63, 3.8) is 0 Å². The van der Waals surface area contributed by atoms with E-state index in [0.717, 1.165) is 89.9 Å². The molecule has 1 unspecified atom stereocenters. The standard InChI is InChI=1S/C53H94O5/c1-4-7-10-13-16-19-22-25-26-27-28-30-31-34-37-40-43-46-52(54)57-50-51(49-56-48-45-42-39-36-33-24-21-18-15-12-9-6-3)58-53(55)47-44-41-38-35-32-29-23-20-17-14-11-8-5-2/h7,10-11,14,16,19-20,23,25-26,51H,4-6,8-9,12-13,15,17-18,21-22,24,27-50H2,1-3H3/b10-7-,14-11-,19-16-,23-20-,26-25-. The molecule has 5 nitrogen and oxygen atoms in total. The van der Waals surface area contributed by atoms with E-state index in [1.165, 1.54) is 116 Å². The SMILES string of the molecule is CC/C=C\C/C=C\C/C=C\CCCCCCCCCC(=O)OCC(COCCCCCCCCCCCCCC)OC(=O)CCCCCCC/C=C\C/C=C\CCC. The van der Waals surface area contributed by atoms with Crippen LogP contribution in [0.15, 0.2) is 60.8 Å². The molecule has 0 aromatic heterocycles. The van der Waals surface area contributed by atoms with Gasteiger partial charge in [-0.05, 0) is 77.0 Å². The maximum Gasteiger partial charge on any atom is 0.306 e. The predicted octanol–water partition coefficient (Wildman–Crippen LogP) is 16.6. The molecule has 0 radical (unpaired) electrons. The Balaban J connectivity index is 4.27. The Morgan fingerprint density at radius 3 is 1.31 bits per heavy atom. The highest BCUT2D eigenvalue weighted by Gasteiger charge is 2.17. The van der Waals surface area contributed by atoms with E-state index in [0.29, 0.717) is 19.4 Å². The Labute approximate surface area is 360 Å². The third-order valence-corrected chi connectivity index (χ3v) is 10.5. The summed E-state index contributed by atoms with van der Waals surface area (Å²) in [4.78, 5) is 25.3. The molecule has 0 saturated carbocycles. The van der Waals surface area contributed by atoms with E-state index in [2.05, 4.69) is 81.5 Å². The first kappa shape index (κ1) is 55.6. The Morgan fingerprint density at radius 1 is 0.397 bits per heavy atom. The van der Waals surface area contributed by atoms with Gasteiger partial charge in [0.25, 0.3) is 0 Å². The van der Waals surface area contributed by atoms with Crippen molar-refractivity contribution in [1.29, 1.82) is 0 Å². The van der Waals surface area contributed by atoms with Crippen LogP contribution < -0.4 is 0 Å². The van der Waals surface area contributed by atoms with Crippen molar-refractivity contribution in [2.45, 2.75) is 245 Å². The van der Waals surface area contributed by atoms with Crippen molar-refractivity contribution in [2.75, 3.05) is 19.8 Å². The molecular weight excluding hydrogens is 717 g/mol. The molecule has 0 heterocycles. The van der Waals surface area contributed by atoms with Gasteiger partial charge in [0.1, 0.15) is 6.61 Å². The minimum atomic E-state index is -0.545. The van der Waals surface area contributed by atoms with Crippen molar-refractivity contribution < 1.29 is 23.8 Å². The summed E-state index contributed by atoms with van der Waals surface area (Å²) >= 11 is 0. The van der Waals surface area contributed by atoms with Crippen molar-refractivity contribution in [3.05, 3.63) is 60.8 Å². The summed E-state index contributed by atoms with van der Waals surface area (Å²) in [6, 6.07) is 0. The summed E-state index contributed by atoms with van der Waals surface area (Å²) in [5.74, 6) is -0.419. The summed E-state index contributed by atoms with van der Waals surface area (Å²) in [6.45, 7) is 7.65. The monoisotopic (exact) mass is 811 g/mol. The number of hydrogen-bond donors (Lipinski definition) is 0. The number of carbonyl (C=O) groups excluding carboxylic acids is 2. The normalized spacial score (nSPS) is 12.7. The average molecular weight is 811 g/mol. The van der Waals surface area contributed by atoms with Crippen molar-refractivity contribution in [3.8, 4) is 0 Å². The summed E-state index contributed by atoms with van der Waals surface area (Å²) in [5.41, 5.74) is 0. The molecule has 0 N–H and O–H groups in total. The number of unbranched alkanes of at least 4 members (excludes halogenated alkanes) is 24. The lowest BCUT2D eigenvalue weighted by molar-refractivity contribution is -0.163. The van der Waals surface area contributed by atoms with Crippen molar-refractivity contribution >= 4 is 11.9 Å². The van der Waals surface area contributed by atoms with E-state index in [-0.39, 0.29) is 25.2 Å².